The maximum Gasteiger partial charge on any atom is 0.248 e. The molecule has 138 valence electrons. The van der Waals surface area contributed by atoms with E-state index in [1.165, 1.54) is 12.1 Å². The molecule has 1 fully saturated rings. The lowest BCUT2D eigenvalue weighted by atomic mass is 10.0. The molecule has 0 aromatic heterocycles. The first kappa shape index (κ1) is 18.5. The van der Waals surface area contributed by atoms with E-state index in [1.807, 2.05) is 19.1 Å². The molecule has 1 amide bonds. The quantitative estimate of drug-likeness (QED) is 0.893. The Kier molecular flexibility index (Phi) is 5.64. The standard InChI is InChI=1S/C20H23F2N3O/c1-14(18-7-6-17(21)12-19(18)22)25-10-8-24(9-11-25)13-15-2-4-16(5-3-15)20(23)26/h2-7,12,14H,8-11,13H2,1H3,(H2,23,26)/t14-/m1/s1. The summed E-state index contributed by atoms with van der Waals surface area (Å²) in [7, 11) is 0. The Bertz CT molecular complexity index is 771. The van der Waals surface area contributed by atoms with Crippen molar-refractivity contribution in [2.45, 2.75) is 19.5 Å². The summed E-state index contributed by atoms with van der Waals surface area (Å²) in [5.41, 5.74) is 7.42. The lowest BCUT2D eigenvalue weighted by Gasteiger charge is -2.38. The number of nitrogens with two attached hydrogens (primary N) is 1. The molecule has 3 rings (SSSR count). The highest BCUT2D eigenvalue weighted by Gasteiger charge is 2.24. The average Bonchev–Trinajstić information content (AvgIpc) is 2.62. The lowest BCUT2D eigenvalue weighted by Crippen LogP contribution is -2.46. The summed E-state index contributed by atoms with van der Waals surface area (Å²) >= 11 is 0. The van der Waals surface area contributed by atoms with Crippen molar-refractivity contribution in [1.29, 1.82) is 0 Å². The second kappa shape index (κ2) is 7.93. The highest BCUT2D eigenvalue weighted by molar-refractivity contribution is 5.92. The maximum atomic E-state index is 14.0. The predicted octanol–water partition coefficient (Wildman–Crippen LogP) is 2.94. The van der Waals surface area contributed by atoms with Gasteiger partial charge in [-0.2, -0.15) is 0 Å². The summed E-state index contributed by atoms with van der Waals surface area (Å²) in [5.74, 6) is -1.47. The number of benzene rings is 2. The minimum atomic E-state index is -0.550. The molecule has 0 bridgehead atoms. The van der Waals surface area contributed by atoms with Gasteiger partial charge in [0.2, 0.25) is 5.91 Å². The summed E-state index contributed by atoms with van der Waals surface area (Å²) in [4.78, 5) is 15.7. The summed E-state index contributed by atoms with van der Waals surface area (Å²) in [6, 6.07) is 11.0. The number of halogens is 2. The van der Waals surface area contributed by atoms with Crippen LogP contribution in [0.15, 0.2) is 42.5 Å². The minimum Gasteiger partial charge on any atom is -0.366 e. The maximum absolute atomic E-state index is 14.0. The molecule has 2 aromatic carbocycles. The molecule has 2 N–H and O–H groups in total. The topological polar surface area (TPSA) is 49.6 Å². The largest absolute Gasteiger partial charge is 0.366 e. The summed E-state index contributed by atoms with van der Waals surface area (Å²) < 4.78 is 27.1. The zero-order valence-corrected chi connectivity index (χ0v) is 14.8. The number of carbonyl (C=O) groups is 1. The van der Waals surface area contributed by atoms with Gasteiger partial charge in [-0.1, -0.05) is 18.2 Å². The van der Waals surface area contributed by atoms with Crippen LogP contribution in [0.2, 0.25) is 0 Å². The first-order chi connectivity index (χ1) is 12.4. The van der Waals surface area contributed by atoms with Crippen LogP contribution in [-0.4, -0.2) is 41.9 Å². The first-order valence-electron chi connectivity index (χ1n) is 8.74. The van der Waals surface area contributed by atoms with Crippen LogP contribution in [0, 0.1) is 11.6 Å². The number of carbonyl (C=O) groups excluding carboxylic acids is 1. The molecule has 2 aromatic rings. The molecule has 1 aliphatic heterocycles. The number of hydrogen-bond acceptors (Lipinski definition) is 3. The number of rotatable bonds is 5. The molecule has 0 aliphatic carbocycles. The van der Waals surface area contributed by atoms with Crippen molar-refractivity contribution in [2.24, 2.45) is 5.73 Å². The molecule has 1 aliphatic rings. The number of nitrogens with zero attached hydrogens (tertiary/aromatic N) is 2. The van der Waals surface area contributed by atoms with Gasteiger partial charge in [-0.25, -0.2) is 8.78 Å². The van der Waals surface area contributed by atoms with Crippen molar-refractivity contribution in [1.82, 2.24) is 9.80 Å². The van der Waals surface area contributed by atoms with Crippen LogP contribution < -0.4 is 5.73 Å². The van der Waals surface area contributed by atoms with Crippen molar-refractivity contribution in [3.63, 3.8) is 0 Å². The fourth-order valence-corrected chi connectivity index (χ4v) is 3.38. The monoisotopic (exact) mass is 359 g/mol. The van der Waals surface area contributed by atoms with E-state index in [2.05, 4.69) is 9.80 Å². The molecular formula is C20H23F2N3O. The van der Waals surface area contributed by atoms with Crippen LogP contribution in [0.5, 0.6) is 0 Å². The molecule has 4 nitrogen and oxygen atoms in total. The normalized spacial score (nSPS) is 17.2. The van der Waals surface area contributed by atoms with Gasteiger partial charge in [0.05, 0.1) is 0 Å². The minimum absolute atomic E-state index is 0.0902. The van der Waals surface area contributed by atoms with Crippen LogP contribution in [0.3, 0.4) is 0 Å². The molecule has 1 atom stereocenters. The summed E-state index contributed by atoms with van der Waals surface area (Å²) in [6.45, 7) is 6.12. The van der Waals surface area contributed by atoms with E-state index in [0.29, 0.717) is 11.1 Å². The Balaban J connectivity index is 1.56. The molecule has 0 unspecified atom stereocenters. The number of hydrogen-bond donors (Lipinski definition) is 1. The zero-order valence-electron chi connectivity index (χ0n) is 14.8. The second-order valence-corrected chi connectivity index (χ2v) is 6.72. The van der Waals surface area contributed by atoms with Gasteiger partial charge >= 0.3 is 0 Å². The molecular weight excluding hydrogens is 336 g/mol. The molecule has 0 spiro atoms. The number of primary amides is 1. The Morgan fingerprint density at radius 2 is 1.73 bits per heavy atom. The Labute approximate surface area is 152 Å². The summed E-state index contributed by atoms with van der Waals surface area (Å²) in [6.07, 6.45) is 0. The molecule has 1 heterocycles. The van der Waals surface area contributed by atoms with Gasteiger partial charge in [0.25, 0.3) is 0 Å². The van der Waals surface area contributed by atoms with Crippen molar-refractivity contribution >= 4 is 5.91 Å². The van der Waals surface area contributed by atoms with Crippen LogP contribution in [0.1, 0.15) is 34.5 Å². The van der Waals surface area contributed by atoms with Gasteiger partial charge < -0.3 is 5.73 Å². The molecule has 26 heavy (non-hydrogen) atoms. The Morgan fingerprint density at radius 3 is 2.31 bits per heavy atom. The highest BCUT2D eigenvalue weighted by atomic mass is 19.1. The lowest BCUT2D eigenvalue weighted by molar-refractivity contribution is 0.0965. The third kappa shape index (κ3) is 4.26. The molecule has 1 saturated heterocycles. The van der Waals surface area contributed by atoms with Crippen molar-refractivity contribution < 1.29 is 13.6 Å². The van der Waals surface area contributed by atoms with Crippen LogP contribution in [0.4, 0.5) is 8.78 Å². The van der Waals surface area contributed by atoms with Crippen molar-refractivity contribution in [3.8, 4) is 0 Å². The van der Waals surface area contributed by atoms with Gasteiger partial charge in [0.15, 0.2) is 0 Å². The van der Waals surface area contributed by atoms with Crippen LogP contribution in [-0.2, 0) is 6.54 Å². The van der Waals surface area contributed by atoms with Gasteiger partial charge in [-0.3, -0.25) is 14.6 Å². The fourth-order valence-electron chi connectivity index (χ4n) is 3.38. The van der Waals surface area contributed by atoms with Crippen LogP contribution in [0.25, 0.3) is 0 Å². The molecule has 0 radical (unpaired) electrons. The van der Waals surface area contributed by atoms with Gasteiger partial charge in [-0.05, 0) is 30.7 Å². The summed E-state index contributed by atoms with van der Waals surface area (Å²) in [5, 5.41) is 0. The SMILES string of the molecule is C[C@H](c1ccc(F)cc1F)N1CCN(Cc2ccc(C(N)=O)cc2)CC1. The average molecular weight is 359 g/mol. The number of amides is 1. The molecule has 6 heteroatoms. The second-order valence-electron chi connectivity index (χ2n) is 6.72. The van der Waals surface area contributed by atoms with Crippen LogP contribution >= 0.6 is 0 Å². The Hall–Kier alpha value is -2.31. The van der Waals surface area contributed by atoms with Gasteiger partial charge in [-0.15, -0.1) is 0 Å². The third-order valence-electron chi connectivity index (χ3n) is 5.01. The van der Waals surface area contributed by atoms with Gasteiger partial charge in [0.1, 0.15) is 11.6 Å². The zero-order chi connectivity index (χ0) is 18.7. The van der Waals surface area contributed by atoms with Crippen molar-refractivity contribution in [2.75, 3.05) is 26.2 Å². The highest BCUT2D eigenvalue weighted by Crippen LogP contribution is 2.25. The van der Waals surface area contributed by atoms with E-state index in [9.17, 15) is 13.6 Å². The third-order valence-corrected chi connectivity index (χ3v) is 5.01. The smallest absolute Gasteiger partial charge is 0.248 e. The van der Waals surface area contributed by atoms with E-state index < -0.39 is 17.5 Å². The van der Waals surface area contributed by atoms with E-state index >= 15 is 0 Å². The first-order valence-corrected chi connectivity index (χ1v) is 8.74. The Morgan fingerprint density at radius 1 is 1.08 bits per heavy atom. The number of piperazine rings is 1. The molecule has 0 saturated carbocycles. The fraction of sp³-hybridized carbons (Fsp3) is 0.350. The van der Waals surface area contributed by atoms with E-state index in [0.717, 1.165) is 44.4 Å². The predicted molar refractivity (Wildman–Crippen MR) is 96.6 cm³/mol. The van der Waals surface area contributed by atoms with E-state index in [1.54, 1.807) is 12.1 Å². The van der Waals surface area contributed by atoms with Gasteiger partial charge in [0, 0.05) is 56.0 Å². The van der Waals surface area contributed by atoms with Crippen molar-refractivity contribution in [3.05, 3.63) is 70.8 Å². The van der Waals surface area contributed by atoms with E-state index in [4.69, 9.17) is 5.73 Å². The van der Waals surface area contributed by atoms with E-state index in [-0.39, 0.29) is 6.04 Å².